The number of ether oxygens (including phenoxy) is 1. The van der Waals surface area contributed by atoms with E-state index >= 15 is 0 Å². The van der Waals surface area contributed by atoms with Crippen LogP contribution in [0.3, 0.4) is 0 Å². The van der Waals surface area contributed by atoms with Gasteiger partial charge >= 0.3 is 12.3 Å². The second kappa shape index (κ2) is 7.30. The van der Waals surface area contributed by atoms with Crippen LogP contribution >= 0.6 is 0 Å². The topological polar surface area (TPSA) is 91.3 Å². The van der Waals surface area contributed by atoms with Crippen molar-refractivity contribution < 1.29 is 34.2 Å². The monoisotopic (exact) mass is 276 g/mol. The molecule has 1 N–H and O–H groups in total. The predicted molar refractivity (Wildman–Crippen MR) is 63.0 cm³/mol. The molecule has 0 aromatic rings. The molecule has 7 nitrogen and oxygen atoms in total. The van der Waals surface area contributed by atoms with Crippen LogP contribution in [0.4, 0.5) is 9.59 Å². The van der Waals surface area contributed by atoms with Gasteiger partial charge in [0.05, 0.1) is 6.10 Å². The van der Waals surface area contributed by atoms with Crippen molar-refractivity contribution in [1.82, 2.24) is 0 Å². The minimum absolute atomic E-state index is 0.149. The molecule has 0 spiro atoms. The van der Waals surface area contributed by atoms with Gasteiger partial charge in [-0.3, -0.25) is 0 Å². The van der Waals surface area contributed by atoms with E-state index in [1.807, 2.05) is 0 Å². The molecule has 0 amide bonds. The summed E-state index contributed by atoms with van der Waals surface area (Å²) in [4.78, 5) is 29.6. The quantitative estimate of drug-likeness (QED) is 0.356. The van der Waals surface area contributed by atoms with Gasteiger partial charge in [0.15, 0.2) is 0 Å². The van der Waals surface area contributed by atoms with E-state index in [2.05, 4.69) is 28.5 Å². The summed E-state index contributed by atoms with van der Waals surface area (Å²) in [6, 6.07) is 0. The number of carbonyl (C=O) groups is 2. The maximum atomic E-state index is 10.7. The minimum Gasteiger partial charge on any atom is -0.449 e. The van der Waals surface area contributed by atoms with Crippen molar-refractivity contribution in [3.05, 3.63) is 0 Å². The molecule has 0 radical (unpaired) electrons. The van der Waals surface area contributed by atoms with Crippen molar-refractivity contribution in [1.29, 1.82) is 0 Å². The Kier molecular flexibility index (Phi) is 6.04. The highest BCUT2D eigenvalue weighted by molar-refractivity contribution is 5.75. The standard InChI is InChI=1S/C12H20O7/c1-3-12(4-2)7-5-9(6-8-12)17-19-18-11(15)16-10(13)14/h9H,3-8H2,1-2H3,(H,13,14). The molecule has 110 valence electrons. The van der Waals surface area contributed by atoms with Gasteiger partial charge in [0.25, 0.3) is 0 Å². The van der Waals surface area contributed by atoms with Crippen LogP contribution in [0.1, 0.15) is 52.4 Å². The van der Waals surface area contributed by atoms with Crippen molar-refractivity contribution in [3.8, 4) is 0 Å². The molecule has 1 aliphatic rings. The third kappa shape index (κ3) is 5.04. The van der Waals surface area contributed by atoms with Crippen molar-refractivity contribution in [2.45, 2.75) is 58.5 Å². The summed E-state index contributed by atoms with van der Waals surface area (Å²) in [6.45, 7) is 4.37. The summed E-state index contributed by atoms with van der Waals surface area (Å²) >= 11 is 0. The molecule has 0 heterocycles. The molecule has 7 heteroatoms. The van der Waals surface area contributed by atoms with Crippen LogP contribution in [0.15, 0.2) is 0 Å². The molecule has 19 heavy (non-hydrogen) atoms. The third-order valence-corrected chi connectivity index (χ3v) is 3.94. The molecule has 0 aliphatic heterocycles. The Morgan fingerprint density at radius 2 is 1.79 bits per heavy atom. The van der Waals surface area contributed by atoms with E-state index in [0.29, 0.717) is 5.41 Å². The lowest BCUT2D eigenvalue weighted by Crippen LogP contribution is -2.30. The SMILES string of the molecule is CCC1(CC)CCC(OOOC(=O)OC(=O)O)CC1. The summed E-state index contributed by atoms with van der Waals surface area (Å²) < 4.78 is 3.66. The molecule has 1 rings (SSSR count). The molecule has 1 aliphatic carbocycles. The fraction of sp³-hybridized carbons (Fsp3) is 0.833. The highest BCUT2D eigenvalue weighted by atomic mass is 17.5. The molecule has 0 aromatic heterocycles. The molecular weight excluding hydrogens is 256 g/mol. The first-order valence-electron chi connectivity index (χ1n) is 6.46. The van der Waals surface area contributed by atoms with Gasteiger partial charge in [-0.1, -0.05) is 26.7 Å². The Labute approximate surface area is 111 Å². The molecular formula is C12H20O7. The maximum Gasteiger partial charge on any atom is 0.553 e. The number of hydrogen-bond donors (Lipinski definition) is 1. The number of rotatable bonds is 5. The normalized spacial score (nSPS) is 18.8. The second-order valence-corrected chi connectivity index (χ2v) is 4.77. The summed E-state index contributed by atoms with van der Waals surface area (Å²) in [5.41, 5.74) is 0.378. The van der Waals surface area contributed by atoms with Crippen LogP contribution < -0.4 is 0 Å². The lowest BCUT2D eigenvalue weighted by molar-refractivity contribution is -0.503. The molecule has 1 fully saturated rings. The zero-order chi connectivity index (χ0) is 14.3. The Morgan fingerprint density at radius 3 is 2.26 bits per heavy atom. The van der Waals surface area contributed by atoms with Gasteiger partial charge in [0.2, 0.25) is 0 Å². The molecule has 1 saturated carbocycles. The zero-order valence-corrected chi connectivity index (χ0v) is 11.2. The largest absolute Gasteiger partial charge is 0.553 e. The van der Waals surface area contributed by atoms with Gasteiger partial charge in [-0.15, -0.1) is 0 Å². The Hall–Kier alpha value is -1.34. The minimum atomic E-state index is -1.76. The van der Waals surface area contributed by atoms with E-state index < -0.39 is 12.3 Å². The highest BCUT2D eigenvalue weighted by Gasteiger charge is 2.33. The molecule has 0 unspecified atom stereocenters. The van der Waals surface area contributed by atoms with Crippen LogP contribution in [0.5, 0.6) is 0 Å². The van der Waals surface area contributed by atoms with Crippen LogP contribution in [0, 0.1) is 5.41 Å². The van der Waals surface area contributed by atoms with E-state index in [9.17, 15) is 9.59 Å². The molecule has 0 aromatic carbocycles. The van der Waals surface area contributed by atoms with Crippen molar-refractivity contribution in [3.63, 3.8) is 0 Å². The highest BCUT2D eigenvalue weighted by Crippen LogP contribution is 2.42. The first kappa shape index (κ1) is 15.7. The van der Waals surface area contributed by atoms with Crippen LogP contribution in [0.25, 0.3) is 0 Å². The number of carbonyl (C=O) groups excluding carboxylic acids is 1. The summed E-state index contributed by atoms with van der Waals surface area (Å²) in [7, 11) is 0. The number of hydrogen-bond acceptors (Lipinski definition) is 6. The van der Waals surface area contributed by atoms with Gasteiger partial charge in [-0.05, 0) is 36.1 Å². The van der Waals surface area contributed by atoms with Crippen LogP contribution in [-0.2, 0) is 19.6 Å². The average Bonchev–Trinajstić information content (AvgIpc) is 2.39. The van der Waals surface area contributed by atoms with Crippen molar-refractivity contribution in [2.24, 2.45) is 5.41 Å². The third-order valence-electron chi connectivity index (χ3n) is 3.94. The molecule has 0 saturated heterocycles. The van der Waals surface area contributed by atoms with Gasteiger partial charge in [0.1, 0.15) is 0 Å². The summed E-state index contributed by atoms with van der Waals surface area (Å²) in [5.74, 6) is 0. The van der Waals surface area contributed by atoms with Crippen molar-refractivity contribution >= 4 is 12.3 Å². The van der Waals surface area contributed by atoms with Gasteiger partial charge < -0.3 is 9.84 Å². The fourth-order valence-electron chi connectivity index (χ4n) is 2.45. The zero-order valence-electron chi connectivity index (χ0n) is 11.2. The average molecular weight is 276 g/mol. The number of carboxylic acid groups (broad SMARTS) is 1. The lowest BCUT2D eigenvalue weighted by atomic mass is 9.70. The first-order valence-corrected chi connectivity index (χ1v) is 6.46. The van der Waals surface area contributed by atoms with E-state index in [0.717, 1.165) is 38.5 Å². The lowest BCUT2D eigenvalue weighted by Gasteiger charge is -2.38. The van der Waals surface area contributed by atoms with Crippen LogP contribution in [0.2, 0.25) is 0 Å². The summed E-state index contributed by atoms with van der Waals surface area (Å²) in [5, 5.41) is 12.4. The smallest absolute Gasteiger partial charge is 0.449 e. The summed E-state index contributed by atoms with van der Waals surface area (Å²) in [6.07, 6.45) is 2.60. The van der Waals surface area contributed by atoms with Gasteiger partial charge in [-0.2, -0.15) is 9.68 Å². The first-order chi connectivity index (χ1) is 9.01. The van der Waals surface area contributed by atoms with Crippen molar-refractivity contribution in [2.75, 3.05) is 0 Å². The van der Waals surface area contributed by atoms with E-state index in [4.69, 9.17) is 9.99 Å². The van der Waals surface area contributed by atoms with Crippen LogP contribution in [-0.4, -0.2) is 23.5 Å². The van der Waals surface area contributed by atoms with E-state index in [-0.39, 0.29) is 6.10 Å². The van der Waals surface area contributed by atoms with E-state index in [1.165, 1.54) is 0 Å². The Balaban J connectivity index is 2.19. The maximum absolute atomic E-state index is 10.7. The Bertz CT molecular complexity index is 301. The fourth-order valence-corrected chi connectivity index (χ4v) is 2.45. The van der Waals surface area contributed by atoms with E-state index in [1.54, 1.807) is 0 Å². The molecule has 0 atom stereocenters. The van der Waals surface area contributed by atoms with Gasteiger partial charge in [0, 0.05) is 0 Å². The molecule has 0 bridgehead atoms. The van der Waals surface area contributed by atoms with Gasteiger partial charge in [-0.25, -0.2) is 9.68 Å². The predicted octanol–water partition coefficient (Wildman–Crippen LogP) is 3.43. The Morgan fingerprint density at radius 1 is 1.21 bits per heavy atom. The second-order valence-electron chi connectivity index (χ2n) is 4.77.